The maximum atomic E-state index is 12.6. The Morgan fingerprint density at radius 2 is 1.03 bits per heavy atom. The van der Waals surface area contributed by atoms with Crippen molar-refractivity contribution >= 4 is 11.9 Å². The lowest BCUT2D eigenvalue weighted by atomic mass is 9.71. The Bertz CT molecular complexity index is 697. The SMILES string of the molecule is CC1CC(OC(=O)c2ccc(C(=O)O[C@@H]3C[C@H](C)CC(C)(C)C3)cc2)CC(C)(C)C1. The quantitative estimate of drug-likeness (QED) is 0.533. The van der Waals surface area contributed by atoms with Gasteiger partial charge in [0.05, 0.1) is 11.1 Å². The van der Waals surface area contributed by atoms with Crippen LogP contribution in [0.1, 0.15) is 101 Å². The average molecular weight is 415 g/mol. The smallest absolute Gasteiger partial charge is 0.338 e. The Morgan fingerprint density at radius 3 is 1.33 bits per heavy atom. The van der Waals surface area contributed by atoms with E-state index in [1.807, 2.05) is 0 Å². The van der Waals surface area contributed by atoms with E-state index in [0.717, 1.165) is 38.5 Å². The highest BCUT2D eigenvalue weighted by molar-refractivity contribution is 5.93. The fraction of sp³-hybridized carbons (Fsp3) is 0.692. The molecule has 1 aromatic rings. The zero-order valence-corrected chi connectivity index (χ0v) is 19.5. The van der Waals surface area contributed by atoms with Crippen LogP contribution in [0.5, 0.6) is 0 Å². The second-order valence-electron chi connectivity index (χ2n) is 11.5. The van der Waals surface area contributed by atoms with Crippen molar-refractivity contribution in [2.75, 3.05) is 0 Å². The highest BCUT2D eigenvalue weighted by Gasteiger charge is 2.35. The molecule has 4 heteroatoms. The van der Waals surface area contributed by atoms with Crippen molar-refractivity contribution in [1.82, 2.24) is 0 Å². The molecule has 2 unspecified atom stereocenters. The van der Waals surface area contributed by atoms with Crippen LogP contribution in [-0.4, -0.2) is 24.1 Å². The highest BCUT2D eigenvalue weighted by atomic mass is 16.5. The standard InChI is InChI=1S/C26H38O4/c1-17-11-21(15-25(3,4)13-17)29-23(27)19-7-9-20(10-8-19)24(28)30-22-12-18(2)14-26(5,6)16-22/h7-10,17-18,21-22H,11-16H2,1-6H3/t17-,18?,21+,22?/m0/s1. The molecule has 0 amide bonds. The molecule has 0 spiro atoms. The molecule has 2 fully saturated rings. The molecular formula is C26H38O4. The molecule has 0 saturated heterocycles. The largest absolute Gasteiger partial charge is 0.459 e. The van der Waals surface area contributed by atoms with Crippen LogP contribution >= 0.6 is 0 Å². The number of hydrogen-bond acceptors (Lipinski definition) is 4. The fourth-order valence-corrected chi connectivity index (χ4v) is 5.88. The van der Waals surface area contributed by atoms with Gasteiger partial charge in [0, 0.05) is 0 Å². The molecule has 2 aliphatic rings. The monoisotopic (exact) mass is 414 g/mol. The third-order valence-electron chi connectivity index (χ3n) is 6.60. The van der Waals surface area contributed by atoms with Gasteiger partial charge in [0.15, 0.2) is 0 Å². The lowest BCUT2D eigenvalue weighted by molar-refractivity contribution is -0.00862. The molecule has 0 aromatic heterocycles. The molecule has 2 saturated carbocycles. The van der Waals surface area contributed by atoms with Crippen LogP contribution in [0.3, 0.4) is 0 Å². The predicted octanol–water partition coefficient (Wildman–Crippen LogP) is 6.43. The number of benzene rings is 1. The molecule has 0 bridgehead atoms. The first-order valence-corrected chi connectivity index (χ1v) is 11.4. The molecule has 0 heterocycles. The van der Waals surface area contributed by atoms with Crippen molar-refractivity contribution in [2.24, 2.45) is 22.7 Å². The van der Waals surface area contributed by atoms with Crippen LogP contribution < -0.4 is 0 Å². The van der Waals surface area contributed by atoms with Gasteiger partial charge in [0.25, 0.3) is 0 Å². The van der Waals surface area contributed by atoms with Crippen molar-refractivity contribution in [2.45, 2.75) is 92.3 Å². The number of esters is 2. The van der Waals surface area contributed by atoms with Crippen LogP contribution in [0, 0.1) is 22.7 Å². The van der Waals surface area contributed by atoms with Crippen LogP contribution in [0.15, 0.2) is 24.3 Å². The molecule has 2 aliphatic carbocycles. The lowest BCUT2D eigenvalue weighted by Gasteiger charge is -2.38. The van der Waals surface area contributed by atoms with E-state index in [1.165, 1.54) is 0 Å². The van der Waals surface area contributed by atoms with E-state index in [9.17, 15) is 9.59 Å². The molecule has 0 N–H and O–H groups in total. The maximum Gasteiger partial charge on any atom is 0.338 e. The predicted molar refractivity (Wildman–Crippen MR) is 118 cm³/mol. The third-order valence-corrected chi connectivity index (χ3v) is 6.60. The van der Waals surface area contributed by atoms with E-state index in [-0.39, 0.29) is 35.0 Å². The molecule has 3 rings (SSSR count). The minimum Gasteiger partial charge on any atom is -0.459 e. The number of hydrogen-bond donors (Lipinski definition) is 0. The van der Waals surface area contributed by atoms with Crippen molar-refractivity contribution in [3.63, 3.8) is 0 Å². The topological polar surface area (TPSA) is 52.6 Å². The molecule has 0 aliphatic heterocycles. The van der Waals surface area contributed by atoms with Crippen LogP contribution in [0.25, 0.3) is 0 Å². The first kappa shape index (κ1) is 22.8. The van der Waals surface area contributed by atoms with Gasteiger partial charge in [-0.25, -0.2) is 9.59 Å². The Labute approximate surface area is 181 Å². The minimum absolute atomic E-state index is 0.0439. The molecule has 30 heavy (non-hydrogen) atoms. The maximum absolute atomic E-state index is 12.6. The summed E-state index contributed by atoms with van der Waals surface area (Å²) in [5.41, 5.74) is 1.35. The summed E-state index contributed by atoms with van der Waals surface area (Å²) in [6, 6.07) is 6.68. The van der Waals surface area contributed by atoms with Gasteiger partial charge in [0.1, 0.15) is 12.2 Å². The molecule has 0 radical (unpaired) electrons. The van der Waals surface area contributed by atoms with Gasteiger partial charge >= 0.3 is 11.9 Å². The van der Waals surface area contributed by atoms with E-state index >= 15 is 0 Å². The third kappa shape index (κ3) is 6.09. The number of ether oxygens (including phenoxy) is 2. The summed E-state index contributed by atoms with van der Waals surface area (Å²) in [4.78, 5) is 25.2. The molecule has 4 nitrogen and oxygen atoms in total. The first-order valence-electron chi connectivity index (χ1n) is 11.4. The van der Waals surface area contributed by atoms with Gasteiger partial charge in [-0.1, -0.05) is 41.5 Å². The van der Waals surface area contributed by atoms with Crippen LogP contribution in [-0.2, 0) is 9.47 Å². The normalized spacial score (nSPS) is 30.3. The summed E-state index contributed by atoms with van der Waals surface area (Å²) in [5.74, 6) is 0.479. The van der Waals surface area contributed by atoms with Gasteiger partial charge in [-0.2, -0.15) is 0 Å². The molecule has 4 atom stereocenters. The van der Waals surface area contributed by atoms with E-state index in [4.69, 9.17) is 9.47 Å². The highest BCUT2D eigenvalue weighted by Crippen LogP contribution is 2.41. The van der Waals surface area contributed by atoms with Gasteiger partial charge < -0.3 is 9.47 Å². The van der Waals surface area contributed by atoms with E-state index < -0.39 is 0 Å². The number of carbonyl (C=O) groups excluding carboxylic acids is 2. The summed E-state index contributed by atoms with van der Waals surface area (Å²) < 4.78 is 11.6. The molecular weight excluding hydrogens is 376 g/mol. The second kappa shape index (κ2) is 8.72. The summed E-state index contributed by atoms with van der Waals surface area (Å²) >= 11 is 0. The average Bonchev–Trinajstić information content (AvgIpc) is 2.58. The van der Waals surface area contributed by atoms with Gasteiger partial charge in [-0.3, -0.25) is 0 Å². The van der Waals surface area contributed by atoms with E-state index in [1.54, 1.807) is 24.3 Å². The molecule has 1 aromatic carbocycles. The van der Waals surface area contributed by atoms with Crippen LogP contribution in [0.4, 0.5) is 0 Å². The number of rotatable bonds is 4. The van der Waals surface area contributed by atoms with Gasteiger partial charge in [-0.15, -0.1) is 0 Å². The van der Waals surface area contributed by atoms with Crippen LogP contribution in [0.2, 0.25) is 0 Å². The minimum atomic E-state index is -0.312. The summed E-state index contributed by atoms with van der Waals surface area (Å²) in [5, 5.41) is 0. The summed E-state index contributed by atoms with van der Waals surface area (Å²) in [6.45, 7) is 13.4. The van der Waals surface area contributed by atoms with Crippen molar-refractivity contribution < 1.29 is 19.1 Å². The van der Waals surface area contributed by atoms with Crippen molar-refractivity contribution in [3.05, 3.63) is 35.4 Å². The zero-order chi connectivity index (χ0) is 22.1. The lowest BCUT2D eigenvalue weighted by Crippen LogP contribution is -2.34. The zero-order valence-electron chi connectivity index (χ0n) is 19.5. The number of carbonyl (C=O) groups is 2. The Hall–Kier alpha value is -1.84. The van der Waals surface area contributed by atoms with Crippen molar-refractivity contribution in [1.29, 1.82) is 0 Å². The van der Waals surface area contributed by atoms with Crippen molar-refractivity contribution in [3.8, 4) is 0 Å². The van der Waals surface area contributed by atoms with Gasteiger partial charge in [-0.05, 0) is 85.5 Å². The second-order valence-corrected chi connectivity index (χ2v) is 11.5. The van der Waals surface area contributed by atoms with Gasteiger partial charge in [0.2, 0.25) is 0 Å². The Morgan fingerprint density at radius 1 is 0.700 bits per heavy atom. The fourth-order valence-electron chi connectivity index (χ4n) is 5.88. The summed E-state index contributed by atoms with van der Waals surface area (Å²) in [7, 11) is 0. The Kier molecular flexibility index (Phi) is 6.64. The first-order chi connectivity index (χ1) is 13.9. The Balaban J connectivity index is 1.57. The molecule has 166 valence electrons. The van der Waals surface area contributed by atoms with E-state index in [2.05, 4.69) is 41.5 Å². The summed E-state index contributed by atoms with van der Waals surface area (Å²) in [6.07, 6.45) is 5.85. The van der Waals surface area contributed by atoms with E-state index in [0.29, 0.717) is 23.0 Å².